The molecule has 0 unspecified atom stereocenters. The number of likely N-dealkylation sites (N-methyl/N-ethyl adjacent to an activating group) is 1. The number of rotatable bonds is 8. The van der Waals surface area contributed by atoms with Crippen LogP contribution in [0.4, 0.5) is 0 Å². The van der Waals surface area contributed by atoms with Crippen LogP contribution in [0.5, 0.6) is 0 Å². The van der Waals surface area contributed by atoms with Crippen molar-refractivity contribution >= 4 is 17.8 Å². The van der Waals surface area contributed by atoms with Crippen molar-refractivity contribution in [2.45, 2.75) is 26.8 Å². The molecule has 0 spiro atoms. The Hall–Kier alpha value is -1.63. The van der Waals surface area contributed by atoms with Gasteiger partial charge < -0.3 is 15.3 Å². The largest absolute Gasteiger partial charge is 0.480 e. The molecule has 0 saturated carbocycles. The third-order valence-electron chi connectivity index (χ3n) is 2.07. The maximum atomic E-state index is 11.7. The molecule has 0 aromatic carbocycles. The second-order valence-corrected chi connectivity index (χ2v) is 4.13. The molecule has 0 aromatic heterocycles. The van der Waals surface area contributed by atoms with E-state index >= 15 is 0 Å². The molecule has 0 aliphatic heterocycles. The van der Waals surface area contributed by atoms with Crippen LogP contribution in [-0.2, 0) is 14.4 Å². The van der Waals surface area contributed by atoms with Crippen molar-refractivity contribution in [3.05, 3.63) is 0 Å². The summed E-state index contributed by atoms with van der Waals surface area (Å²) < 4.78 is 0. The van der Waals surface area contributed by atoms with Crippen molar-refractivity contribution in [3.63, 3.8) is 0 Å². The highest BCUT2D eigenvalue weighted by Gasteiger charge is 2.15. The fourth-order valence-electron chi connectivity index (χ4n) is 1.31. The van der Waals surface area contributed by atoms with Gasteiger partial charge in [0.05, 0.1) is 19.6 Å². The van der Waals surface area contributed by atoms with Gasteiger partial charge in [0, 0.05) is 12.6 Å². The summed E-state index contributed by atoms with van der Waals surface area (Å²) in [4.78, 5) is 34.8. The van der Waals surface area contributed by atoms with E-state index in [1.54, 1.807) is 6.92 Å². The average Bonchev–Trinajstić information content (AvgIpc) is 2.24. The number of carboxylic acids is 1. The summed E-state index contributed by atoms with van der Waals surface area (Å²) in [7, 11) is 0. The van der Waals surface area contributed by atoms with Crippen LogP contribution in [0.3, 0.4) is 0 Å². The van der Waals surface area contributed by atoms with Crippen LogP contribution in [0.25, 0.3) is 0 Å². The number of carboxylic acid groups (broad SMARTS) is 1. The Labute approximate surface area is 107 Å². The highest BCUT2D eigenvalue weighted by atomic mass is 16.4. The molecule has 0 fully saturated rings. The summed E-state index contributed by atoms with van der Waals surface area (Å²) in [6.07, 6.45) is 0. The van der Waals surface area contributed by atoms with E-state index in [2.05, 4.69) is 10.6 Å². The number of hydrogen-bond acceptors (Lipinski definition) is 4. The minimum absolute atomic E-state index is 0.0116. The minimum atomic E-state index is -1.02. The monoisotopic (exact) mass is 259 g/mol. The lowest BCUT2D eigenvalue weighted by atomic mass is 10.3. The summed E-state index contributed by atoms with van der Waals surface area (Å²) in [5.41, 5.74) is 0. The Bertz CT molecular complexity index is 305. The molecule has 0 aliphatic rings. The van der Waals surface area contributed by atoms with Crippen LogP contribution >= 0.6 is 0 Å². The Morgan fingerprint density at radius 1 is 1.22 bits per heavy atom. The maximum absolute atomic E-state index is 11.7. The summed E-state index contributed by atoms with van der Waals surface area (Å²) >= 11 is 0. The highest BCUT2D eigenvalue weighted by molar-refractivity contribution is 5.86. The maximum Gasteiger partial charge on any atom is 0.317 e. The van der Waals surface area contributed by atoms with Crippen molar-refractivity contribution < 1.29 is 19.5 Å². The van der Waals surface area contributed by atoms with Gasteiger partial charge >= 0.3 is 5.97 Å². The van der Waals surface area contributed by atoms with Gasteiger partial charge in [0.1, 0.15) is 0 Å². The first-order valence-corrected chi connectivity index (χ1v) is 5.86. The number of nitrogens with zero attached hydrogens (tertiary/aromatic N) is 1. The standard InChI is InChI=1S/C11H21N3O4/c1-4-14(7-9(15)13-8(2)3)10(16)5-12-6-11(17)18/h8,12H,4-7H2,1-3H3,(H,13,15)(H,17,18). The van der Waals surface area contributed by atoms with Crippen molar-refractivity contribution in [1.82, 2.24) is 15.5 Å². The number of nitrogens with one attached hydrogen (secondary N) is 2. The Balaban J connectivity index is 4.10. The van der Waals surface area contributed by atoms with E-state index in [9.17, 15) is 14.4 Å². The molecule has 2 amide bonds. The molecule has 0 atom stereocenters. The van der Waals surface area contributed by atoms with Gasteiger partial charge in [-0.1, -0.05) is 0 Å². The molecular formula is C11H21N3O4. The average molecular weight is 259 g/mol. The zero-order valence-corrected chi connectivity index (χ0v) is 11.0. The zero-order chi connectivity index (χ0) is 14.1. The van der Waals surface area contributed by atoms with E-state index in [1.807, 2.05) is 13.8 Å². The summed E-state index contributed by atoms with van der Waals surface area (Å²) in [6, 6.07) is 0.0245. The van der Waals surface area contributed by atoms with Crippen molar-refractivity contribution in [2.24, 2.45) is 0 Å². The van der Waals surface area contributed by atoms with Gasteiger partial charge in [0.2, 0.25) is 11.8 Å². The van der Waals surface area contributed by atoms with E-state index in [1.165, 1.54) is 4.90 Å². The summed E-state index contributed by atoms with van der Waals surface area (Å²) in [6.45, 7) is 5.46. The molecule has 7 heteroatoms. The predicted octanol–water partition coefficient (Wildman–Crippen LogP) is -0.966. The number of carbonyl (C=O) groups is 3. The highest BCUT2D eigenvalue weighted by Crippen LogP contribution is 1.90. The van der Waals surface area contributed by atoms with Crippen LogP contribution in [-0.4, -0.2) is 60.0 Å². The fourth-order valence-corrected chi connectivity index (χ4v) is 1.31. The molecule has 18 heavy (non-hydrogen) atoms. The van der Waals surface area contributed by atoms with E-state index in [0.717, 1.165) is 0 Å². The first-order valence-electron chi connectivity index (χ1n) is 5.86. The van der Waals surface area contributed by atoms with Gasteiger partial charge in [-0.25, -0.2) is 0 Å². The minimum Gasteiger partial charge on any atom is -0.480 e. The second kappa shape index (κ2) is 8.46. The van der Waals surface area contributed by atoms with Crippen molar-refractivity contribution in [3.8, 4) is 0 Å². The van der Waals surface area contributed by atoms with Crippen molar-refractivity contribution in [1.29, 1.82) is 0 Å². The lowest BCUT2D eigenvalue weighted by Gasteiger charge is -2.21. The molecule has 7 nitrogen and oxygen atoms in total. The van der Waals surface area contributed by atoms with Crippen LogP contribution in [0.15, 0.2) is 0 Å². The normalized spacial score (nSPS) is 10.2. The molecule has 0 saturated heterocycles. The summed E-state index contributed by atoms with van der Waals surface area (Å²) in [5.74, 6) is -1.54. The second-order valence-electron chi connectivity index (χ2n) is 4.13. The van der Waals surface area contributed by atoms with E-state index in [4.69, 9.17) is 5.11 Å². The third kappa shape index (κ3) is 7.61. The van der Waals surface area contributed by atoms with Gasteiger partial charge in [-0.15, -0.1) is 0 Å². The van der Waals surface area contributed by atoms with Gasteiger partial charge in [-0.05, 0) is 20.8 Å². The molecule has 0 heterocycles. The SMILES string of the molecule is CCN(CC(=O)NC(C)C)C(=O)CNCC(=O)O. The zero-order valence-electron chi connectivity index (χ0n) is 11.0. The lowest BCUT2D eigenvalue weighted by Crippen LogP contribution is -2.45. The molecule has 0 radical (unpaired) electrons. The van der Waals surface area contributed by atoms with Crippen LogP contribution in [0, 0.1) is 0 Å². The fraction of sp³-hybridized carbons (Fsp3) is 0.727. The topological polar surface area (TPSA) is 98.7 Å². The van der Waals surface area contributed by atoms with E-state index in [0.29, 0.717) is 6.54 Å². The number of amides is 2. The van der Waals surface area contributed by atoms with Crippen LogP contribution < -0.4 is 10.6 Å². The van der Waals surface area contributed by atoms with Crippen molar-refractivity contribution in [2.75, 3.05) is 26.2 Å². The van der Waals surface area contributed by atoms with Crippen LogP contribution in [0.2, 0.25) is 0 Å². The van der Waals surface area contributed by atoms with Gasteiger partial charge in [0.25, 0.3) is 0 Å². The van der Waals surface area contributed by atoms with Gasteiger partial charge in [-0.2, -0.15) is 0 Å². The molecule has 0 bridgehead atoms. The molecule has 0 rings (SSSR count). The number of carbonyl (C=O) groups excluding carboxylic acids is 2. The quantitative estimate of drug-likeness (QED) is 0.521. The molecule has 104 valence electrons. The Morgan fingerprint density at radius 2 is 1.83 bits per heavy atom. The van der Waals surface area contributed by atoms with Gasteiger partial charge in [0.15, 0.2) is 0 Å². The summed E-state index contributed by atoms with van der Waals surface area (Å²) in [5, 5.41) is 13.6. The number of aliphatic carboxylic acids is 1. The Morgan fingerprint density at radius 3 is 2.28 bits per heavy atom. The van der Waals surface area contributed by atoms with E-state index in [-0.39, 0.29) is 37.5 Å². The molecule has 0 aromatic rings. The molecule has 0 aliphatic carbocycles. The predicted molar refractivity (Wildman–Crippen MR) is 66.0 cm³/mol. The number of hydrogen-bond donors (Lipinski definition) is 3. The van der Waals surface area contributed by atoms with E-state index < -0.39 is 5.97 Å². The molecule has 3 N–H and O–H groups in total. The first-order chi connectivity index (χ1) is 8.36. The molecular weight excluding hydrogens is 238 g/mol. The lowest BCUT2D eigenvalue weighted by molar-refractivity contribution is -0.137. The third-order valence-corrected chi connectivity index (χ3v) is 2.07. The Kier molecular flexibility index (Phi) is 7.69. The van der Waals surface area contributed by atoms with Crippen LogP contribution in [0.1, 0.15) is 20.8 Å². The smallest absolute Gasteiger partial charge is 0.317 e. The van der Waals surface area contributed by atoms with Gasteiger partial charge in [-0.3, -0.25) is 19.7 Å². The first kappa shape index (κ1) is 16.4.